The summed E-state index contributed by atoms with van der Waals surface area (Å²) in [4.78, 5) is 36.9. The van der Waals surface area contributed by atoms with Gasteiger partial charge in [-0.05, 0) is 17.7 Å². The van der Waals surface area contributed by atoms with E-state index in [2.05, 4.69) is 0 Å². The molecule has 1 fully saturated rings. The minimum absolute atomic E-state index is 0.0774. The Labute approximate surface area is 115 Å². The van der Waals surface area contributed by atoms with E-state index < -0.39 is 12.0 Å². The van der Waals surface area contributed by atoms with E-state index in [-0.39, 0.29) is 24.9 Å². The highest BCUT2D eigenvalue weighted by atomic mass is 16.4. The number of nitrogens with two attached hydrogens (primary N) is 1. The lowest BCUT2D eigenvalue weighted by Crippen LogP contribution is -2.52. The summed E-state index contributed by atoms with van der Waals surface area (Å²) in [5.41, 5.74) is 6.58. The number of hydrogen-bond donors (Lipinski definition) is 2. The molecule has 3 N–H and O–H groups in total. The van der Waals surface area contributed by atoms with E-state index in [0.29, 0.717) is 11.3 Å². The van der Waals surface area contributed by atoms with Crippen molar-refractivity contribution in [3.05, 3.63) is 29.8 Å². The molecule has 2 rings (SSSR count). The molecule has 106 valence electrons. The molecule has 1 aliphatic heterocycles. The van der Waals surface area contributed by atoms with Crippen molar-refractivity contribution < 1.29 is 19.5 Å². The van der Waals surface area contributed by atoms with E-state index in [0.717, 1.165) is 4.90 Å². The van der Waals surface area contributed by atoms with E-state index in [1.165, 1.54) is 7.05 Å². The van der Waals surface area contributed by atoms with Crippen LogP contribution in [0.1, 0.15) is 11.6 Å². The minimum atomic E-state index is -1.13. The standard InChI is InChI=1S/C13H15N3O4/c1-15-10(17)6-16(7-11(15)18)9-4-2-3-8(5-9)12(14)13(19)20/h2-5,12H,6-7,14H2,1H3,(H,19,20). The van der Waals surface area contributed by atoms with Crippen LogP contribution in [0.5, 0.6) is 0 Å². The second-order valence-electron chi connectivity index (χ2n) is 4.61. The molecule has 0 aliphatic carbocycles. The van der Waals surface area contributed by atoms with Crippen molar-refractivity contribution in [2.45, 2.75) is 6.04 Å². The molecule has 0 saturated carbocycles. The number of rotatable bonds is 3. The Bertz CT molecular complexity index is 554. The number of carbonyl (C=O) groups is 3. The first kappa shape index (κ1) is 14.0. The molecule has 1 aromatic carbocycles. The number of carbonyl (C=O) groups excluding carboxylic acids is 2. The smallest absolute Gasteiger partial charge is 0.325 e. The molecule has 7 nitrogen and oxygen atoms in total. The van der Waals surface area contributed by atoms with Gasteiger partial charge in [-0.15, -0.1) is 0 Å². The monoisotopic (exact) mass is 277 g/mol. The lowest BCUT2D eigenvalue weighted by molar-refractivity contribution is -0.143. The van der Waals surface area contributed by atoms with Crippen molar-refractivity contribution in [3.63, 3.8) is 0 Å². The molecule has 7 heteroatoms. The van der Waals surface area contributed by atoms with Crippen molar-refractivity contribution in [2.24, 2.45) is 5.73 Å². The summed E-state index contributed by atoms with van der Waals surface area (Å²) in [6, 6.07) is 5.42. The second-order valence-corrected chi connectivity index (χ2v) is 4.61. The highest BCUT2D eigenvalue weighted by molar-refractivity contribution is 6.02. The van der Waals surface area contributed by atoms with Crippen LogP contribution in [0.4, 0.5) is 5.69 Å². The molecule has 1 aromatic rings. The fourth-order valence-electron chi connectivity index (χ4n) is 1.97. The van der Waals surface area contributed by atoms with E-state index in [4.69, 9.17) is 10.8 Å². The summed E-state index contributed by atoms with van der Waals surface area (Å²) in [6.07, 6.45) is 0. The number of amides is 2. The van der Waals surface area contributed by atoms with Gasteiger partial charge in [0, 0.05) is 12.7 Å². The van der Waals surface area contributed by atoms with E-state index >= 15 is 0 Å². The minimum Gasteiger partial charge on any atom is -0.480 e. The van der Waals surface area contributed by atoms with Crippen LogP contribution < -0.4 is 10.6 Å². The molecule has 20 heavy (non-hydrogen) atoms. The number of hydrogen-bond acceptors (Lipinski definition) is 5. The van der Waals surface area contributed by atoms with Gasteiger partial charge in [-0.2, -0.15) is 0 Å². The number of anilines is 1. The molecule has 1 heterocycles. The zero-order chi connectivity index (χ0) is 14.9. The molecular formula is C13H15N3O4. The van der Waals surface area contributed by atoms with Gasteiger partial charge in [0.25, 0.3) is 0 Å². The van der Waals surface area contributed by atoms with Crippen LogP contribution in [0.3, 0.4) is 0 Å². The largest absolute Gasteiger partial charge is 0.480 e. The highest BCUT2D eigenvalue weighted by Crippen LogP contribution is 2.21. The van der Waals surface area contributed by atoms with E-state index in [9.17, 15) is 14.4 Å². The zero-order valence-electron chi connectivity index (χ0n) is 10.9. The second kappa shape index (κ2) is 5.30. The quantitative estimate of drug-likeness (QED) is 0.727. The third-order valence-corrected chi connectivity index (χ3v) is 3.26. The molecule has 2 amide bonds. The average molecular weight is 277 g/mol. The van der Waals surface area contributed by atoms with E-state index in [1.807, 2.05) is 0 Å². The molecular weight excluding hydrogens is 262 g/mol. The van der Waals surface area contributed by atoms with Gasteiger partial charge in [0.2, 0.25) is 11.8 Å². The van der Waals surface area contributed by atoms with Crippen LogP contribution in [-0.2, 0) is 14.4 Å². The third kappa shape index (κ3) is 2.62. The van der Waals surface area contributed by atoms with Crippen LogP contribution >= 0.6 is 0 Å². The first-order chi connectivity index (χ1) is 9.40. The summed E-state index contributed by atoms with van der Waals surface area (Å²) in [5, 5.41) is 8.90. The van der Waals surface area contributed by atoms with Crippen LogP contribution in [0.25, 0.3) is 0 Å². The van der Waals surface area contributed by atoms with Crippen LogP contribution in [0.15, 0.2) is 24.3 Å². The molecule has 0 spiro atoms. The molecule has 1 saturated heterocycles. The van der Waals surface area contributed by atoms with Gasteiger partial charge in [-0.1, -0.05) is 12.1 Å². The topological polar surface area (TPSA) is 104 Å². The van der Waals surface area contributed by atoms with Crippen molar-refractivity contribution in [2.75, 3.05) is 25.0 Å². The number of aliphatic carboxylic acids is 1. The normalized spacial score (nSPS) is 17.3. The Hall–Kier alpha value is -2.41. The van der Waals surface area contributed by atoms with Crippen LogP contribution in [0, 0.1) is 0 Å². The Morgan fingerprint density at radius 1 is 1.30 bits per heavy atom. The highest BCUT2D eigenvalue weighted by Gasteiger charge is 2.28. The van der Waals surface area contributed by atoms with Gasteiger partial charge < -0.3 is 15.7 Å². The molecule has 1 aliphatic rings. The maximum absolute atomic E-state index is 11.7. The maximum Gasteiger partial charge on any atom is 0.325 e. The number of nitrogens with zero attached hydrogens (tertiary/aromatic N) is 2. The van der Waals surface area contributed by atoms with Crippen LogP contribution in [-0.4, -0.2) is 47.9 Å². The predicted octanol–water partition coefficient (Wildman–Crippen LogP) is -0.424. The van der Waals surface area contributed by atoms with Gasteiger partial charge in [-0.25, -0.2) is 0 Å². The van der Waals surface area contributed by atoms with Gasteiger partial charge in [0.1, 0.15) is 6.04 Å². The fourth-order valence-corrected chi connectivity index (χ4v) is 1.97. The third-order valence-electron chi connectivity index (χ3n) is 3.26. The summed E-state index contributed by atoms with van der Waals surface area (Å²) < 4.78 is 0. The zero-order valence-corrected chi connectivity index (χ0v) is 10.9. The number of carboxylic acids is 1. The summed E-state index contributed by atoms with van der Waals surface area (Å²) in [5.74, 6) is -1.73. The summed E-state index contributed by atoms with van der Waals surface area (Å²) >= 11 is 0. The first-order valence-corrected chi connectivity index (χ1v) is 6.03. The molecule has 0 bridgehead atoms. The number of imide groups is 1. The molecule has 0 aromatic heterocycles. The summed E-state index contributed by atoms with van der Waals surface area (Å²) in [7, 11) is 1.44. The number of likely N-dealkylation sites (N-methyl/N-ethyl adjacent to an activating group) is 1. The summed E-state index contributed by atoms with van der Waals surface area (Å²) in [6.45, 7) is 0.155. The Kier molecular flexibility index (Phi) is 3.71. The fraction of sp³-hybridized carbons (Fsp3) is 0.308. The van der Waals surface area contributed by atoms with Crippen LogP contribution in [0.2, 0.25) is 0 Å². The SMILES string of the molecule is CN1C(=O)CN(c2cccc(C(N)C(=O)O)c2)CC1=O. The Morgan fingerprint density at radius 3 is 2.45 bits per heavy atom. The Morgan fingerprint density at radius 2 is 1.90 bits per heavy atom. The van der Waals surface area contributed by atoms with E-state index in [1.54, 1.807) is 29.2 Å². The molecule has 1 unspecified atom stereocenters. The van der Waals surface area contributed by atoms with Crippen molar-refractivity contribution in [1.29, 1.82) is 0 Å². The van der Waals surface area contributed by atoms with Gasteiger partial charge >= 0.3 is 5.97 Å². The predicted molar refractivity (Wildman–Crippen MR) is 71.0 cm³/mol. The molecule has 1 atom stereocenters. The van der Waals surface area contributed by atoms with Gasteiger partial charge in [-0.3, -0.25) is 19.3 Å². The van der Waals surface area contributed by atoms with Crippen molar-refractivity contribution >= 4 is 23.5 Å². The van der Waals surface area contributed by atoms with Gasteiger partial charge in [0.15, 0.2) is 0 Å². The van der Waals surface area contributed by atoms with Crippen molar-refractivity contribution in [1.82, 2.24) is 4.90 Å². The maximum atomic E-state index is 11.7. The Balaban J connectivity index is 2.25. The lowest BCUT2D eigenvalue weighted by atomic mass is 10.1. The lowest BCUT2D eigenvalue weighted by Gasteiger charge is -2.32. The number of benzene rings is 1. The number of carboxylic acid groups (broad SMARTS) is 1. The first-order valence-electron chi connectivity index (χ1n) is 6.03. The average Bonchev–Trinajstić information content (AvgIpc) is 2.43. The van der Waals surface area contributed by atoms with Crippen molar-refractivity contribution in [3.8, 4) is 0 Å². The molecule has 0 radical (unpaired) electrons. The van der Waals surface area contributed by atoms with Gasteiger partial charge in [0.05, 0.1) is 13.1 Å². The number of piperazine rings is 1.